The number of thiazole rings is 1. The van der Waals surface area contributed by atoms with Gasteiger partial charge in [0.05, 0.1) is 37.5 Å². The molecule has 12 heteroatoms. The van der Waals surface area contributed by atoms with Crippen LogP contribution in [-0.2, 0) is 25.6 Å². The molecule has 9 nitrogen and oxygen atoms in total. The van der Waals surface area contributed by atoms with Gasteiger partial charge in [-0.25, -0.2) is 4.79 Å². The molecule has 1 aliphatic heterocycles. The number of morpholine rings is 1. The summed E-state index contributed by atoms with van der Waals surface area (Å²) < 4.78 is 46.6. The number of carbonyl (C=O) groups excluding carboxylic acids is 2. The van der Waals surface area contributed by atoms with Gasteiger partial charge in [-0.2, -0.15) is 8.78 Å². The number of methoxy groups -OCH3 is 1. The lowest BCUT2D eigenvalue weighted by Gasteiger charge is -2.26. The summed E-state index contributed by atoms with van der Waals surface area (Å²) in [6.07, 6.45) is 2.68. The van der Waals surface area contributed by atoms with Crippen molar-refractivity contribution in [1.82, 2.24) is 9.47 Å². The van der Waals surface area contributed by atoms with Gasteiger partial charge in [-0.15, -0.1) is 11.3 Å². The van der Waals surface area contributed by atoms with Gasteiger partial charge in [-0.1, -0.05) is 6.07 Å². The van der Waals surface area contributed by atoms with E-state index in [-0.39, 0.29) is 39.8 Å². The van der Waals surface area contributed by atoms with Crippen LogP contribution in [0.4, 0.5) is 8.78 Å². The third-order valence-electron chi connectivity index (χ3n) is 4.82. The first-order chi connectivity index (χ1) is 16.3. The molecule has 0 spiro atoms. The number of hydrogen-bond donors (Lipinski definition) is 0. The van der Waals surface area contributed by atoms with Gasteiger partial charge in [0.2, 0.25) is 5.91 Å². The second-order valence-electron chi connectivity index (χ2n) is 7.02. The topological polar surface area (TPSA) is 96.3 Å². The molecule has 3 rings (SSSR count). The summed E-state index contributed by atoms with van der Waals surface area (Å²) >= 11 is 1.00. The van der Waals surface area contributed by atoms with Gasteiger partial charge >= 0.3 is 12.6 Å². The second-order valence-corrected chi connectivity index (χ2v) is 8.08. The summed E-state index contributed by atoms with van der Waals surface area (Å²) in [5, 5.41) is 0. The van der Waals surface area contributed by atoms with Crippen LogP contribution in [0, 0.1) is 0 Å². The maximum atomic E-state index is 13.1. The van der Waals surface area contributed by atoms with E-state index in [1.807, 2.05) is 0 Å². The van der Waals surface area contributed by atoms with Crippen molar-refractivity contribution in [3.05, 3.63) is 43.3 Å². The number of alkyl halides is 2. The molecule has 0 saturated carbocycles. The molecule has 0 radical (unpaired) electrons. The van der Waals surface area contributed by atoms with Crippen LogP contribution in [0.15, 0.2) is 23.0 Å². The van der Waals surface area contributed by atoms with Gasteiger partial charge in [-0.05, 0) is 30.7 Å². The smallest absolute Gasteiger partial charge is 0.387 e. The fraction of sp³-hybridized carbons (Fsp3) is 0.409. The molecule has 184 valence electrons. The highest BCUT2D eigenvalue weighted by molar-refractivity contribution is 7.07. The van der Waals surface area contributed by atoms with E-state index < -0.39 is 18.1 Å². The van der Waals surface area contributed by atoms with E-state index in [0.717, 1.165) is 11.3 Å². The van der Waals surface area contributed by atoms with Crippen molar-refractivity contribution in [3.8, 4) is 11.5 Å². The Bertz CT molecular complexity index is 1200. The number of esters is 1. The summed E-state index contributed by atoms with van der Waals surface area (Å²) in [7, 11) is 1.30. The number of ether oxygens (including phenoxy) is 4. The molecule has 0 bridgehead atoms. The standard InChI is InChI=1S/C22H24F2N2O7S/c1-3-32-20(28)12-19-26(13-18(27)25-6-8-31-9-7-25)21(29)17(34-19)11-14-4-5-15(33-22(23)24)16(10-14)30-2/h4-5,10-12,22H,3,6-9,13H2,1-2H3/b17-11-,19-12+. The Hall–Kier alpha value is -3.25. The first-order valence-electron chi connectivity index (χ1n) is 10.4. The van der Waals surface area contributed by atoms with Crippen molar-refractivity contribution in [3.63, 3.8) is 0 Å². The summed E-state index contributed by atoms with van der Waals surface area (Å²) in [6.45, 7) is 0.210. The number of nitrogens with zero attached hydrogens (tertiary/aromatic N) is 2. The van der Waals surface area contributed by atoms with Crippen LogP contribution in [0.5, 0.6) is 11.5 Å². The molecule has 1 aromatic carbocycles. The van der Waals surface area contributed by atoms with Crippen molar-refractivity contribution in [2.75, 3.05) is 40.0 Å². The maximum Gasteiger partial charge on any atom is 0.387 e. The molecule has 1 saturated heterocycles. The van der Waals surface area contributed by atoms with E-state index in [4.69, 9.17) is 14.2 Å². The lowest BCUT2D eigenvalue weighted by atomic mass is 10.2. The molecular weight excluding hydrogens is 474 g/mol. The van der Waals surface area contributed by atoms with E-state index in [0.29, 0.717) is 31.9 Å². The molecule has 2 aromatic rings. The van der Waals surface area contributed by atoms with Crippen molar-refractivity contribution in [2.24, 2.45) is 0 Å². The molecule has 0 unspecified atom stereocenters. The molecule has 2 heterocycles. The lowest BCUT2D eigenvalue weighted by Crippen LogP contribution is -2.45. The molecule has 34 heavy (non-hydrogen) atoms. The molecule has 0 aliphatic carbocycles. The highest BCUT2D eigenvalue weighted by Crippen LogP contribution is 2.29. The van der Waals surface area contributed by atoms with Gasteiger partial charge in [0, 0.05) is 13.1 Å². The molecule has 1 aromatic heterocycles. The number of halogens is 2. The Kier molecular flexibility index (Phi) is 8.77. The van der Waals surface area contributed by atoms with Crippen molar-refractivity contribution in [2.45, 2.75) is 20.1 Å². The Morgan fingerprint density at radius 2 is 1.97 bits per heavy atom. The van der Waals surface area contributed by atoms with Crippen LogP contribution < -0.4 is 24.2 Å². The normalized spacial score (nSPS) is 15.0. The molecule has 1 amide bonds. The van der Waals surface area contributed by atoms with E-state index in [1.54, 1.807) is 11.8 Å². The summed E-state index contributed by atoms with van der Waals surface area (Å²) in [4.78, 5) is 39.5. The molecule has 0 N–H and O–H groups in total. The quantitative estimate of drug-likeness (QED) is 0.491. The number of aromatic nitrogens is 1. The highest BCUT2D eigenvalue weighted by atomic mass is 32.1. The van der Waals surface area contributed by atoms with Crippen LogP contribution in [0.25, 0.3) is 12.2 Å². The Morgan fingerprint density at radius 3 is 2.62 bits per heavy atom. The summed E-state index contributed by atoms with van der Waals surface area (Å²) in [5.41, 5.74) is 0.000175. The van der Waals surface area contributed by atoms with Crippen LogP contribution in [0.2, 0.25) is 0 Å². The van der Waals surface area contributed by atoms with Crippen LogP contribution in [0.3, 0.4) is 0 Å². The van der Waals surface area contributed by atoms with Crippen molar-refractivity contribution < 1.29 is 37.3 Å². The molecular formula is C22H24F2N2O7S. The lowest BCUT2D eigenvalue weighted by molar-refractivity contribution is -0.136. The fourth-order valence-corrected chi connectivity index (χ4v) is 4.27. The van der Waals surface area contributed by atoms with Gasteiger partial charge < -0.3 is 23.8 Å². The van der Waals surface area contributed by atoms with Crippen LogP contribution in [0.1, 0.15) is 12.5 Å². The van der Waals surface area contributed by atoms with E-state index in [2.05, 4.69) is 4.74 Å². The predicted octanol–water partition coefficient (Wildman–Crippen LogP) is 0.551. The third-order valence-corrected chi connectivity index (χ3v) is 5.88. The van der Waals surface area contributed by atoms with E-state index in [9.17, 15) is 23.2 Å². The monoisotopic (exact) mass is 498 g/mol. The zero-order chi connectivity index (χ0) is 24.7. The van der Waals surface area contributed by atoms with Crippen LogP contribution >= 0.6 is 11.3 Å². The summed E-state index contributed by atoms with van der Waals surface area (Å²) in [5.74, 6) is -1.00. The third kappa shape index (κ3) is 6.41. The minimum Gasteiger partial charge on any atom is -0.493 e. The number of hydrogen-bond acceptors (Lipinski definition) is 8. The fourth-order valence-electron chi connectivity index (χ4n) is 3.24. The number of amides is 1. The Balaban J connectivity index is 2.02. The van der Waals surface area contributed by atoms with Gasteiger partial charge in [0.15, 0.2) is 11.5 Å². The largest absolute Gasteiger partial charge is 0.493 e. The minimum atomic E-state index is -3.02. The second kappa shape index (κ2) is 11.7. The average Bonchev–Trinajstić information content (AvgIpc) is 3.09. The van der Waals surface area contributed by atoms with Gasteiger partial charge in [0.1, 0.15) is 11.2 Å². The number of carbonyl (C=O) groups is 2. The minimum absolute atomic E-state index is 0.0618. The Morgan fingerprint density at radius 1 is 1.24 bits per heavy atom. The van der Waals surface area contributed by atoms with Crippen molar-refractivity contribution >= 4 is 35.4 Å². The Labute approximate surface area is 197 Å². The number of benzene rings is 1. The molecule has 1 fully saturated rings. The highest BCUT2D eigenvalue weighted by Gasteiger charge is 2.19. The zero-order valence-electron chi connectivity index (χ0n) is 18.6. The number of rotatable bonds is 8. The van der Waals surface area contributed by atoms with Crippen LogP contribution in [-0.4, -0.2) is 68.0 Å². The van der Waals surface area contributed by atoms with E-state index in [1.165, 1.54) is 42.0 Å². The SMILES string of the molecule is CCOC(=O)/C=c1/s/c(=C\c2ccc(OC(F)F)c(OC)c2)c(=O)n1CC(=O)N1CCOCC1. The first kappa shape index (κ1) is 25.4. The van der Waals surface area contributed by atoms with E-state index >= 15 is 0 Å². The zero-order valence-corrected chi connectivity index (χ0v) is 19.4. The van der Waals surface area contributed by atoms with Gasteiger partial charge in [0.25, 0.3) is 5.56 Å². The molecule has 0 atom stereocenters. The molecule has 1 aliphatic rings. The average molecular weight is 499 g/mol. The maximum absolute atomic E-state index is 13.1. The van der Waals surface area contributed by atoms with Crippen molar-refractivity contribution in [1.29, 1.82) is 0 Å². The summed E-state index contributed by atoms with van der Waals surface area (Å²) in [6, 6.07) is 4.22. The first-order valence-corrected chi connectivity index (χ1v) is 11.2. The predicted molar refractivity (Wildman–Crippen MR) is 120 cm³/mol. The van der Waals surface area contributed by atoms with Gasteiger partial charge in [-0.3, -0.25) is 14.2 Å².